The van der Waals surface area contributed by atoms with Crippen molar-refractivity contribution in [3.05, 3.63) is 23.8 Å². The Morgan fingerprint density at radius 2 is 2.05 bits per heavy atom. The Bertz CT molecular complexity index is 503. The Morgan fingerprint density at radius 1 is 1.33 bits per heavy atom. The van der Waals surface area contributed by atoms with E-state index < -0.39 is 0 Å². The molecule has 0 bridgehead atoms. The van der Waals surface area contributed by atoms with Crippen LogP contribution in [0, 0.1) is 0 Å². The highest BCUT2D eigenvalue weighted by Gasteiger charge is 2.20. The monoisotopic (exact) mass is 293 g/mol. The van der Waals surface area contributed by atoms with E-state index in [4.69, 9.17) is 10.5 Å². The van der Waals surface area contributed by atoms with E-state index >= 15 is 0 Å². The number of nitrogens with zero attached hydrogens (tertiary/aromatic N) is 1. The lowest BCUT2D eigenvalue weighted by Crippen LogP contribution is -2.38. The molecule has 0 atom stereocenters. The van der Waals surface area contributed by atoms with Gasteiger partial charge < -0.3 is 20.7 Å². The number of anilines is 1. The number of para-hydroxylation sites is 1. The molecule has 1 aromatic rings. The molecule has 0 saturated heterocycles. The first-order valence-corrected chi connectivity index (χ1v) is 7.04. The smallest absolute Gasteiger partial charge is 0.257 e. The number of ether oxygens (including phenoxy) is 1. The van der Waals surface area contributed by atoms with Crippen molar-refractivity contribution in [3.8, 4) is 5.75 Å². The first-order valence-electron chi connectivity index (χ1n) is 7.04. The third-order valence-corrected chi connectivity index (χ3v) is 2.86. The van der Waals surface area contributed by atoms with Crippen molar-refractivity contribution in [1.82, 2.24) is 10.2 Å². The normalized spacial score (nSPS) is 10.0. The average molecular weight is 293 g/mol. The number of benzene rings is 1. The van der Waals surface area contributed by atoms with Gasteiger partial charge in [0.1, 0.15) is 0 Å². The van der Waals surface area contributed by atoms with Gasteiger partial charge in [-0.15, -0.1) is 0 Å². The highest BCUT2D eigenvalue weighted by atomic mass is 16.5. The van der Waals surface area contributed by atoms with Crippen molar-refractivity contribution < 1.29 is 14.3 Å². The molecule has 0 radical (unpaired) electrons. The zero-order chi connectivity index (χ0) is 15.8. The summed E-state index contributed by atoms with van der Waals surface area (Å²) < 4.78 is 5.44. The molecule has 0 aliphatic heterocycles. The highest BCUT2D eigenvalue weighted by Crippen LogP contribution is 2.27. The number of nitrogens with two attached hydrogens (primary N) is 1. The van der Waals surface area contributed by atoms with E-state index in [0.717, 1.165) is 6.42 Å². The molecular formula is C15H23N3O3. The molecule has 3 N–H and O–H groups in total. The molecule has 0 heterocycles. The fourth-order valence-corrected chi connectivity index (χ4v) is 1.84. The van der Waals surface area contributed by atoms with Crippen LogP contribution in [0.4, 0.5) is 5.69 Å². The van der Waals surface area contributed by atoms with Gasteiger partial charge in [0.15, 0.2) is 5.75 Å². The van der Waals surface area contributed by atoms with E-state index in [2.05, 4.69) is 5.32 Å². The van der Waals surface area contributed by atoms with Crippen LogP contribution in [0.25, 0.3) is 0 Å². The minimum atomic E-state index is -0.294. The molecule has 6 heteroatoms. The van der Waals surface area contributed by atoms with Crippen molar-refractivity contribution in [2.45, 2.75) is 20.3 Å². The molecule has 1 rings (SSSR count). The van der Waals surface area contributed by atoms with Gasteiger partial charge in [-0.25, -0.2) is 0 Å². The zero-order valence-electron chi connectivity index (χ0n) is 12.8. The quantitative estimate of drug-likeness (QED) is 0.741. The molecule has 0 aliphatic carbocycles. The number of rotatable bonds is 7. The predicted molar refractivity (Wildman–Crippen MR) is 82.3 cm³/mol. The molecule has 1 aromatic carbocycles. The lowest BCUT2D eigenvalue weighted by Gasteiger charge is -2.19. The van der Waals surface area contributed by atoms with Crippen LogP contribution in [0.1, 0.15) is 30.6 Å². The van der Waals surface area contributed by atoms with Crippen LogP contribution >= 0.6 is 0 Å². The highest BCUT2D eigenvalue weighted by molar-refractivity contribution is 6.00. The second kappa shape index (κ2) is 8.14. The van der Waals surface area contributed by atoms with Crippen molar-refractivity contribution in [2.75, 3.05) is 32.5 Å². The molecular weight excluding hydrogens is 270 g/mol. The fourth-order valence-electron chi connectivity index (χ4n) is 1.84. The van der Waals surface area contributed by atoms with Gasteiger partial charge in [-0.05, 0) is 25.5 Å². The largest absolute Gasteiger partial charge is 0.491 e. The first kappa shape index (κ1) is 16.8. The van der Waals surface area contributed by atoms with Crippen LogP contribution in [-0.4, -0.2) is 43.5 Å². The molecule has 0 saturated carbocycles. The van der Waals surface area contributed by atoms with Crippen molar-refractivity contribution in [2.24, 2.45) is 0 Å². The standard InChI is InChI=1S/C15H23N3O3/c1-4-9-17-13(19)10-18(3)15(20)11-7-6-8-12(16)14(11)21-5-2/h6-8H,4-5,9-10,16H2,1-3H3,(H,17,19). The molecule has 116 valence electrons. The van der Waals surface area contributed by atoms with Crippen LogP contribution in [-0.2, 0) is 4.79 Å². The maximum atomic E-state index is 12.4. The number of likely N-dealkylation sites (N-methyl/N-ethyl adjacent to an activating group) is 1. The Labute approximate surface area is 125 Å². The van der Waals surface area contributed by atoms with Gasteiger partial charge in [-0.2, -0.15) is 0 Å². The van der Waals surface area contributed by atoms with E-state index in [0.29, 0.717) is 30.2 Å². The van der Waals surface area contributed by atoms with E-state index in [-0.39, 0.29) is 18.4 Å². The number of carbonyl (C=O) groups is 2. The Hall–Kier alpha value is -2.24. The van der Waals surface area contributed by atoms with Gasteiger partial charge in [0.25, 0.3) is 5.91 Å². The fraction of sp³-hybridized carbons (Fsp3) is 0.467. The maximum absolute atomic E-state index is 12.4. The number of amides is 2. The Morgan fingerprint density at radius 3 is 2.67 bits per heavy atom. The van der Waals surface area contributed by atoms with Gasteiger partial charge in [0.05, 0.1) is 24.4 Å². The zero-order valence-corrected chi connectivity index (χ0v) is 12.8. The Kier molecular flexibility index (Phi) is 6.52. The summed E-state index contributed by atoms with van der Waals surface area (Å²) in [5.41, 5.74) is 6.61. The van der Waals surface area contributed by atoms with Crippen molar-refractivity contribution in [1.29, 1.82) is 0 Å². The molecule has 6 nitrogen and oxygen atoms in total. The van der Waals surface area contributed by atoms with Gasteiger partial charge in [0, 0.05) is 13.6 Å². The first-order chi connectivity index (χ1) is 10.0. The third-order valence-electron chi connectivity index (χ3n) is 2.86. The van der Waals surface area contributed by atoms with Crippen LogP contribution in [0.5, 0.6) is 5.75 Å². The molecule has 0 fully saturated rings. The Balaban J connectivity index is 2.83. The molecule has 21 heavy (non-hydrogen) atoms. The van der Waals surface area contributed by atoms with E-state index in [1.807, 2.05) is 13.8 Å². The number of carbonyl (C=O) groups excluding carboxylic acids is 2. The summed E-state index contributed by atoms with van der Waals surface area (Å²) in [6, 6.07) is 5.01. The van der Waals surface area contributed by atoms with Gasteiger partial charge in [-0.1, -0.05) is 13.0 Å². The van der Waals surface area contributed by atoms with Crippen LogP contribution in [0.15, 0.2) is 18.2 Å². The minimum Gasteiger partial charge on any atom is -0.491 e. The van der Waals surface area contributed by atoms with E-state index in [1.165, 1.54) is 4.90 Å². The van der Waals surface area contributed by atoms with Gasteiger partial charge in [0.2, 0.25) is 5.91 Å². The minimum absolute atomic E-state index is 0.000796. The summed E-state index contributed by atoms with van der Waals surface area (Å²) in [4.78, 5) is 25.4. The van der Waals surface area contributed by atoms with Crippen LogP contribution in [0.2, 0.25) is 0 Å². The molecule has 2 amide bonds. The number of nitrogen functional groups attached to an aromatic ring is 1. The number of hydrogen-bond donors (Lipinski definition) is 2. The number of nitrogens with one attached hydrogen (secondary N) is 1. The summed E-state index contributed by atoms with van der Waals surface area (Å²) in [5, 5.41) is 2.73. The summed E-state index contributed by atoms with van der Waals surface area (Å²) >= 11 is 0. The molecule has 0 aromatic heterocycles. The predicted octanol–water partition coefficient (Wildman–Crippen LogP) is 1.27. The van der Waals surface area contributed by atoms with E-state index in [9.17, 15) is 9.59 Å². The van der Waals surface area contributed by atoms with Gasteiger partial charge >= 0.3 is 0 Å². The third kappa shape index (κ3) is 4.66. The average Bonchev–Trinajstić information content (AvgIpc) is 2.46. The summed E-state index contributed by atoms with van der Waals surface area (Å²) in [6.45, 7) is 4.80. The van der Waals surface area contributed by atoms with Crippen molar-refractivity contribution >= 4 is 17.5 Å². The second-order valence-electron chi connectivity index (χ2n) is 4.67. The lowest BCUT2D eigenvalue weighted by atomic mass is 10.1. The SMILES string of the molecule is CCCNC(=O)CN(C)C(=O)c1cccc(N)c1OCC. The summed E-state index contributed by atoms with van der Waals surface area (Å²) in [7, 11) is 1.58. The number of hydrogen-bond acceptors (Lipinski definition) is 4. The maximum Gasteiger partial charge on any atom is 0.257 e. The topological polar surface area (TPSA) is 84.7 Å². The summed E-state index contributed by atoms with van der Waals surface area (Å²) in [6.07, 6.45) is 0.854. The van der Waals surface area contributed by atoms with E-state index in [1.54, 1.807) is 25.2 Å². The molecule has 0 aliphatic rings. The summed E-state index contributed by atoms with van der Waals surface area (Å²) in [5.74, 6) is -0.113. The molecule has 0 unspecified atom stereocenters. The lowest BCUT2D eigenvalue weighted by molar-refractivity contribution is -0.121. The second-order valence-corrected chi connectivity index (χ2v) is 4.67. The van der Waals surface area contributed by atoms with Crippen molar-refractivity contribution in [3.63, 3.8) is 0 Å². The van der Waals surface area contributed by atoms with Gasteiger partial charge in [-0.3, -0.25) is 9.59 Å². The van der Waals surface area contributed by atoms with Crippen LogP contribution < -0.4 is 15.8 Å². The molecule has 0 spiro atoms. The van der Waals surface area contributed by atoms with Crippen LogP contribution in [0.3, 0.4) is 0 Å².